The van der Waals surface area contributed by atoms with Crippen molar-refractivity contribution in [3.05, 3.63) is 12.2 Å². The second-order valence-corrected chi connectivity index (χ2v) is 4.17. The number of aliphatic hydroxyl groups excluding tert-OH is 1. The van der Waals surface area contributed by atoms with Gasteiger partial charge in [0.05, 0.1) is 6.10 Å². The van der Waals surface area contributed by atoms with Crippen LogP contribution in [0.4, 0.5) is 0 Å². The molecule has 0 aliphatic carbocycles. The average molecular weight is 188 g/mol. The fourth-order valence-electron chi connectivity index (χ4n) is 0.747. The van der Waals surface area contributed by atoms with Gasteiger partial charge < -0.3 is 5.11 Å². The van der Waals surface area contributed by atoms with Crippen LogP contribution < -0.4 is 0 Å². The molecule has 0 aromatic carbocycles. The van der Waals surface area contributed by atoms with Crippen LogP contribution in [-0.4, -0.2) is 22.1 Å². The fourth-order valence-corrected chi connectivity index (χ4v) is 1.32. The maximum atomic E-state index is 11.2. The Hall–Kier alpha value is -0.280. The summed E-state index contributed by atoms with van der Waals surface area (Å²) in [6.45, 7) is 9.20. The van der Waals surface area contributed by atoms with Crippen molar-refractivity contribution >= 4 is 16.9 Å². The van der Waals surface area contributed by atoms with Crippen molar-refractivity contribution in [2.45, 2.75) is 26.9 Å². The van der Waals surface area contributed by atoms with Gasteiger partial charge >= 0.3 is 0 Å². The summed E-state index contributed by atoms with van der Waals surface area (Å²) in [5.41, 5.74) is 0.317. The quantitative estimate of drug-likeness (QED) is 0.684. The Morgan fingerprint density at radius 3 is 2.42 bits per heavy atom. The molecule has 0 saturated heterocycles. The summed E-state index contributed by atoms with van der Waals surface area (Å²) in [5.74, 6) is 0.779. The molecule has 0 amide bonds. The van der Waals surface area contributed by atoms with E-state index in [4.69, 9.17) is 0 Å². The molecule has 0 aromatic heterocycles. The van der Waals surface area contributed by atoms with Gasteiger partial charge in [-0.3, -0.25) is 4.79 Å². The Balaban J connectivity index is 4.10. The molecular weight excluding hydrogens is 172 g/mol. The maximum Gasteiger partial charge on any atom is 0.217 e. The van der Waals surface area contributed by atoms with Crippen LogP contribution >= 0.6 is 11.8 Å². The highest BCUT2D eigenvalue weighted by atomic mass is 32.2. The van der Waals surface area contributed by atoms with Crippen LogP contribution in [0.25, 0.3) is 0 Å². The molecule has 1 unspecified atom stereocenters. The zero-order chi connectivity index (χ0) is 9.72. The molecule has 0 heterocycles. The molecule has 0 spiro atoms. The van der Waals surface area contributed by atoms with E-state index in [-0.39, 0.29) is 11.0 Å². The van der Waals surface area contributed by atoms with E-state index in [0.717, 1.165) is 5.75 Å². The summed E-state index contributed by atoms with van der Waals surface area (Å²) >= 11 is 1.19. The van der Waals surface area contributed by atoms with E-state index in [1.165, 1.54) is 11.8 Å². The van der Waals surface area contributed by atoms with Crippen LogP contribution in [0.2, 0.25) is 0 Å². The Morgan fingerprint density at radius 1 is 1.58 bits per heavy atom. The summed E-state index contributed by atoms with van der Waals surface area (Å²) in [7, 11) is 0. The molecule has 70 valence electrons. The van der Waals surface area contributed by atoms with Gasteiger partial charge in [-0.2, -0.15) is 0 Å². The molecule has 0 rings (SSSR count). The first kappa shape index (κ1) is 11.7. The average Bonchev–Trinajstić information content (AvgIpc) is 2.02. The van der Waals surface area contributed by atoms with E-state index >= 15 is 0 Å². The van der Waals surface area contributed by atoms with Crippen molar-refractivity contribution in [3.8, 4) is 0 Å². The molecule has 12 heavy (non-hydrogen) atoms. The number of aliphatic hydroxyl groups is 1. The van der Waals surface area contributed by atoms with Gasteiger partial charge in [0.15, 0.2) is 0 Å². The van der Waals surface area contributed by atoms with Crippen LogP contribution in [0.15, 0.2) is 12.2 Å². The lowest BCUT2D eigenvalue weighted by molar-refractivity contribution is -0.109. The van der Waals surface area contributed by atoms with Crippen molar-refractivity contribution in [3.63, 3.8) is 0 Å². The molecular formula is C9H16O2S. The lowest BCUT2D eigenvalue weighted by atomic mass is 10.0. The second kappa shape index (κ2) is 5.38. The first-order valence-electron chi connectivity index (χ1n) is 4.04. The van der Waals surface area contributed by atoms with Crippen molar-refractivity contribution in [1.82, 2.24) is 0 Å². The fraction of sp³-hybridized carbons (Fsp3) is 0.667. The summed E-state index contributed by atoms with van der Waals surface area (Å²) in [5, 5.41) is 9.36. The number of carbonyl (C=O) groups excluding carboxylic acids is 1. The molecule has 0 saturated carbocycles. The highest BCUT2D eigenvalue weighted by Gasteiger charge is 2.18. The third-order valence-electron chi connectivity index (χ3n) is 1.53. The summed E-state index contributed by atoms with van der Waals surface area (Å²) in [4.78, 5) is 11.2. The second-order valence-electron chi connectivity index (χ2n) is 2.93. The highest BCUT2D eigenvalue weighted by molar-refractivity contribution is 8.14. The van der Waals surface area contributed by atoms with Crippen LogP contribution in [0.1, 0.15) is 20.8 Å². The predicted octanol–water partition coefficient (Wildman–Crippen LogP) is 1.84. The monoisotopic (exact) mass is 188 g/mol. The molecule has 0 bridgehead atoms. The van der Waals surface area contributed by atoms with Gasteiger partial charge in [-0.05, 0) is 11.7 Å². The van der Waals surface area contributed by atoms with Crippen LogP contribution in [-0.2, 0) is 4.79 Å². The Morgan fingerprint density at radius 2 is 2.08 bits per heavy atom. The van der Waals surface area contributed by atoms with Gasteiger partial charge in [0.25, 0.3) is 0 Å². The largest absolute Gasteiger partial charge is 0.388 e. The molecule has 0 fully saturated rings. The number of carbonyl (C=O) groups is 1. The number of hydrogen-bond donors (Lipinski definition) is 1. The van der Waals surface area contributed by atoms with Gasteiger partial charge in [0.2, 0.25) is 5.12 Å². The summed E-state index contributed by atoms with van der Waals surface area (Å²) in [6, 6.07) is 0. The lowest BCUT2D eigenvalue weighted by Gasteiger charge is -2.15. The van der Waals surface area contributed by atoms with Crippen LogP contribution in [0.3, 0.4) is 0 Å². The smallest absolute Gasteiger partial charge is 0.217 e. The molecule has 0 aromatic rings. The van der Waals surface area contributed by atoms with Crippen molar-refractivity contribution in [1.29, 1.82) is 0 Å². The SMILES string of the molecule is C=C(C(=O)SCC)C(O)C(C)C. The van der Waals surface area contributed by atoms with E-state index in [2.05, 4.69) is 6.58 Å². The molecule has 3 heteroatoms. The van der Waals surface area contributed by atoms with Crippen LogP contribution in [0.5, 0.6) is 0 Å². The molecule has 0 aliphatic rings. The molecule has 0 aliphatic heterocycles. The third kappa shape index (κ3) is 3.41. The van der Waals surface area contributed by atoms with Gasteiger partial charge in [0, 0.05) is 5.57 Å². The maximum absolute atomic E-state index is 11.2. The van der Waals surface area contributed by atoms with Crippen LogP contribution in [0, 0.1) is 5.92 Å². The van der Waals surface area contributed by atoms with E-state index in [0.29, 0.717) is 5.57 Å². The molecule has 1 N–H and O–H groups in total. The first-order valence-corrected chi connectivity index (χ1v) is 5.03. The minimum Gasteiger partial charge on any atom is -0.388 e. The zero-order valence-electron chi connectivity index (χ0n) is 7.83. The molecule has 0 radical (unpaired) electrons. The lowest BCUT2D eigenvalue weighted by Crippen LogP contribution is -2.21. The Labute approximate surface area is 78.0 Å². The zero-order valence-corrected chi connectivity index (χ0v) is 8.65. The molecule has 2 nitrogen and oxygen atoms in total. The highest BCUT2D eigenvalue weighted by Crippen LogP contribution is 2.16. The minimum atomic E-state index is -0.698. The first-order chi connectivity index (χ1) is 5.50. The summed E-state index contributed by atoms with van der Waals surface area (Å²) in [6.07, 6.45) is -0.698. The van der Waals surface area contributed by atoms with Crippen molar-refractivity contribution in [2.24, 2.45) is 5.92 Å². The molecule has 1 atom stereocenters. The number of rotatable bonds is 4. The topological polar surface area (TPSA) is 37.3 Å². The summed E-state index contributed by atoms with van der Waals surface area (Å²) < 4.78 is 0. The standard InChI is InChI=1S/C9H16O2S/c1-5-12-9(11)7(4)8(10)6(2)3/h6,8,10H,4-5H2,1-3H3. The van der Waals surface area contributed by atoms with Gasteiger partial charge in [-0.15, -0.1) is 0 Å². The normalized spacial score (nSPS) is 13.1. The van der Waals surface area contributed by atoms with E-state index in [9.17, 15) is 9.90 Å². The minimum absolute atomic E-state index is 0.0545. The third-order valence-corrected chi connectivity index (χ3v) is 2.34. The van der Waals surface area contributed by atoms with Crippen molar-refractivity contribution < 1.29 is 9.90 Å². The van der Waals surface area contributed by atoms with Gasteiger partial charge in [0.1, 0.15) is 0 Å². The Bertz CT molecular complexity index is 175. The van der Waals surface area contributed by atoms with Gasteiger partial charge in [-0.1, -0.05) is 39.1 Å². The van der Waals surface area contributed by atoms with E-state index in [1.807, 2.05) is 20.8 Å². The number of thioether (sulfide) groups is 1. The Kier molecular flexibility index (Phi) is 5.25. The van der Waals surface area contributed by atoms with Crippen molar-refractivity contribution in [2.75, 3.05) is 5.75 Å². The number of hydrogen-bond acceptors (Lipinski definition) is 3. The predicted molar refractivity (Wildman–Crippen MR) is 53.1 cm³/mol. The van der Waals surface area contributed by atoms with E-state index in [1.54, 1.807) is 0 Å². The van der Waals surface area contributed by atoms with E-state index < -0.39 is 6.10 Å². The van der Waals surface area contributed by atoms with Gasteiger partial charge in [-0.25, -0.2) is 0 Å².